The van der Waals surface area contributed by atoms with Crippen molar-refractivity contribution >= 4 is 17.7 Å². The normalized spacial score (nSPS) is 18.3. The molecule has 1 fully saturated rings. The molecule has 2 rings (SSSR count). The van der Waals surface area contributed by atoms with Gasteiger partial charge in [0.2, 0.25) is 0 Å². The average Bonchev–Trinajstić information content (AvgIpc) is 2.49. The van der Waals surface area contributed by atoms with Crippen molar-refractivity contribution < 1.29 is 19.4 Å². The first-order chi connectivity index (χ1) is 10.1. The number of carbonyl (C=O) groups excluding carboxylic acids is 1. The standard InChI is InChI=1S/C15H20N2O4/c1-2-3-11-4-6-12(7-5-11)16-15(20)17-8-9-21-10-13(17)14(18)19/h4-7,13H,2-3,8-10H2,1H3,(H,16,20)(H,18,19). The van der Waals surface area contributed by atoms with E-state index in [0.29, 0.717) is 12.3 Å². The Hall–Kier alpha value is -2.08. The van der Waals surface area contributed by atoms with E-state index < -0.39 is 18.0 Å². The number of carboxylic acids is 1. The van der Waals surface area contributed by atoms with Gasteiger partial charge in [-0.2, -0.15) is 0 Å². The minimum absolute atomic E-state index is 0.0260. The summed E-state index contributed by atoms with van der Waals surface area (Å²) >= 11 is 0. The van der Waals surface area contributed by atoms with Gasteiger partial charge in [-0.15, -0.1) is 0 Å². The topological polar surface area (TPSA) is 78.9 Å². The van der Waals surface area contributed by atoms with Crippen molar-refractivity contribution in [2.24, 2.45) is 0 Å². The van der Waals surface area contributed by atoms with Gasteiger partial charge in [0.1, 0.15) is 0 Å². The Morgan fingerprint density at radius 2 is 2.10 bits per heavy atom. The lowest BCUT2D eigenvalue weighted by Gasteiger charge is -2.32. The Kier molecular flexibility index (Phi) is 5.16. The summed E-state index contributed by atoms with van der Waals surface area (Å²) in [5.41, 5.74) is 1.88. The van der Waals surface area contributed by atoms with Crippen LogP contribution in [0.4, 0.5) is 10.5 Å². The molecular formula is C15H20N2O4. The van der Waals surface area contributed by atoms with Gasteiger partial charge in [-0.3, -0.25) is 0 Å². The number of urea groups is 1. The molecule has 1 aliphatic heterocycles. The SMILES string of the molecule is CCCc1ccc(NC(=O)N2CCOCC2C(=O)O)cc1. The number of hydrogen-bond donors (Lipinski definition) is 2. The molecule has 21 heavy (non-hydrogen) atoms. The third-order valence-corrected chi connectivity index (χ3v) is 3.42. The molecule has 1 atom stereocenters. The van der Waals surface area contributed by atoms with Gasteiger partial charge < -0.3 is 20.1 Å². The van der Waals surface area contributed by atoms with Gasteiger partial charge in [0.05, 0.1) is 13.2 Å². The number of anilines is 1. The number of ether oxygens (including phenoxy) is 1. The molecule has 0 aromatic heterocycles. The van der Waals surface area contributed by atoms with Crippen LogP contribution in [-0.4, -0.2) is 47.8 Å². The summed E-state index contributed by atoms with van der Waals surface area (Å²) in [4.78, 5) is 24.6. The number of rotatable bonds is 4. The summed E-state index contributed by atoms with van der Waals surface area (Å²) in [6, 6.07) is 6.25. The highest BCUT2D eigenvalue weighted by atomic mass is 16.5. The first-order valence-electron chi connectivity index (χ1n) is 7.09. The zero-order valence-corrected chi connectivity index (χ0v) is 12.0. The second-order valence-corrected chi connectivity index (χ2v) is 5.00. The summed E-state index contributed by atoms with van der Waals surface area (Å²) in [6.07, 6.45) is 2.07. The summed E-state index contributed by atoms with van der Waals surface area (Å²) in [6.45, 7) is 2.77. The number of nitrogens with zero attached hydrogens (tertiary/aromatic N) is 1. The Labute approximate surface area is 123 Å². The largest absolute Gasteiger partial charge is 0.480 e. The number of carbonyl (C=O) groups is 2. The lowest BCUT2D eigenvalue weighted by molar-refractivity contribution is -0.147. The molecule has 1 unspecified atom stereocenters. The number of aliphatic carboxylic acids is 1. The van der Waals surface area contributed by atoms with Gasteiger partial charge in [-0.1, -0.05) is 25.5 Å². The third-order valence-electron chi connectivity index (χ3n) is 3.42. The van der Waals surface area contributed by atoms with Crippen LogP contribution in [0.2, 0.25) is 0 Å². The highest BCUT2D eigenvalue weighted by Crippen LogP contribution is 2.14. The minimum atomic E-state index is -1.05. The second-order valence-electron chi connectivity index (χ2n) is 5.00. The smallest absolute Gasteiger partial charge is 0.328 e. The Bertz CT molecular complexity index is 501. The second kappa shape index (κ2) is 7.08. The first-order valence-corrected chi connectivity index (χ1v) is 7.09. The molecule has 114 valence electrons. The lowest BCUT2D eigenvalue weighted by Crippen LogP contribution is -2.53. The highest BCUT2D eigenvalue weighted by Gasteiger charge is 2.32. The van der Waals surface area contributed by atoms with E-state index in [1.54, 1.807) is 0 Å². The van der Waals surface area contributed by atoms with Crippen molar-refractivity contribution in [2.75, 3.05) is 25.1 Å². The van der Waals surface area contributed by atoms with Crippen molar-refractivity contribution in [1.82, 2.24) is 4.90 Å². The molecule has 1 aliphatic rings. The average molecular weight is 292 g/mol. The lowest BCUT2D eigenvalue weighted by atomic mass is 10.1. The van der Waals surface area contributed by atoms with E-state index >= 15 is 0 Å². The molecule has 0 saturated carbocycles. The molecule has 0 aliphatic carbocycles. The van der Waals surface area contributed by atoms with E-state index in [1.807, 2.05) is 24.3 Å². The maximum Gasteiger partial charge on any atom is 0.328 e. The molecule has 6 heteroatoms. The van der Waals surface area contributed by atoms with Gasteiger partial charge in [0.15, 0.2) is 6.04 Å². The number of carboxylic acid groups (broad SMARTS) is 1. The summed E-state index contributed by atoms with van der Waals surface area (Å²) in [5, 5.41) is 11.9. The molecule has 1 heterocycles. The molecule has 0 bridgehead atoms. The number of benzene rings is 1. The van der Waals surface area contributed by atoms with E-state index in [0.717, 1.165) is 12.8 Å². The molecule has 1 aromatic rings. The zero-order chi connectivity index (χ0) is 15.2. The first kappa shape index (κ1) is 15.3. The number of amides is 2. The molecule has 6 nitrogen and oxygen atoms in total. The molecule has 2 amide bonds. The van der Waals surface area contributed by atoms with Crippen molar-refractivity contribution in [3.8, 4) is 0 Å². The fourth-order valence-corrected chi connectivity index (χ4v) is 2.29. The van der Waals surface area contributed by atoms with Crippen LogP contribution < -0.4 is 5.32 Å². The van der Waals surface area contributed by atoms with Gasteiger partial charge in [-0.25, -0.2) is 9.59 Å². The van der Waals surface area contributed by atoms with Crippen LogP contribution in [0.3, 0.4) is 0 Å². The third kappa shape index (κ3) is 3.95. The Morgan fingerprint density at radius 1 is 1.38 bits per heavy atom. The van der Waals surface area contributed by atoms with Crippen LogP contribution in [-0.2, 0) is 16.0 Å². The van der Waals surface area contributed by atoms with Gasteiger partial charge in [-0.05, 0) is 24.1 Å². The summed E-state index contributed by atoms with van der Waals surface area (Å²) < 4.78 is 5.11. The fraction of sp³-hybridized carbons (Fsp3) is 0.467. The van der Waals surface area contributed by atoms with Gasteiger partial charge in [0.25, 0.3) is 0 Å². The van der Waals surface area contributed by atoms with Crippen molar-refractivity contribution in [2.45, 2.75) is 25.8 Å². The van der Waals surface area contributed by atoms with Crippen molar-refractivity contribution in [3.63, 3.8) is 0 Å². The van der Waals surface area contributed by atoms with E-state index in [1.165, 1.54) is 10.5 Å². The minimum Gasteiger partial charge on any atom is -0.480 e. The number of aryl methyl sites for hydroxylation is 1. The summed E-state index contributed by atoms with van der Waals surface area (Å²) in [7, 11) is 0. The van der Waals surface area contributed by atoms with Crippen LogP contribution in [0, 0.1) is 0 Å². The van der Waals surface area contributed by atoms with Crippen molar-refractivity contribution in [3.05, 3.63) is 29.8 Å². The molecular weight excluding hydrogens is 272 g/mol. The molecule has 0 radical (unpaired) electrons. The van der Waals surface area contributed by atoms with Gasteiger partial charge in [0, 0.05) is 12.2 Å². The predicted octanol–water partition coefficient (Wildman–Crippen LogP) is 1.96. The maximum absolute atomic E-state index is 12.2. The molecule has 1 saturated heterocycles. The van der Waals surface area contributed by atoms with E-state index in [9.17, 15) is 9.59 Å². The summed E-state index contributed by atoms with van der Waals surface area (Å²) in [5.74, 6) is -1.05. The number of morpholine rings is 1. The van der Waals surface area contributed by atoms with Crippen LogP contribution in [0.25, 0.3) is 0 Å². The van der Waals surface area contributed by atoms with Crippen LogP contribution in [0.15, 0.2) is 24.3 Å². The van der Waals surface area contributed by atoms with E-state index in [4.69, 9.17) is 9.84 Å². The highest BCUT2D eigenvalue weighted by molar-refractivity contribution is 5.92. The van der Waals surface area contributed by atoms with E-state index in [2.05, 4.69) is 12.2 Å². The van der Waals surface area contributed by atoms with Crippen LogP contribution in [0.1, 0.15) is 18.9 Å². The van der Waals surface area contributed by atoms with Crippen LogP contribution in [0.5, 0.6) is 0 Å². The molecule has 2 N–H and O–H groups in total. The number of hydrogen-bond acceptors (Lipinski definition) is 3. The zero-order valence-electron chi connectivity index (χ0n) is 12.0. The Balaban J connectivity index is 2.00. The Morgan fingerprint density at radius 3 is 2.71 bits per heavy atom. The predicted molar refractivity (Wildman–Crippen MR) is 78.4 cm³/mol. The van der Waals surface area contributed by atoms with E-state index in [-0.39, 0.29) is 13.2 Å². The monoisotopic (exact) mass is 292 g/mol. The number of nitrogens with one attached hydrogen (secondary N) is 1. The van der Waals surface area contributed by atoms with Gasteiger partial charge >= 0.3 is 12.0 Å². The molecule has 1 aromatic carbocycles. The van der Waals surface area contributed by atoms with Crippen molar-refractivity contribution in [1.29, 1.82) is 0 Å². The maximum atomic E-state index is 12.2. The quantitative estimate of drug-likeness (QED) is 0.889. The fourth-order valence-electron chi connectivity index (χ4n) is 2.29. The van der Waals surface area contributed by atoms with Crippen LogP contribution >= 0.6 is 0 Å². The molecule has 0 spiro atoms.